The molecule has 0 aromatic heterocycles. The van der Waals surface area contributed by atoms with E-state index in [0.717, 1.165) is 6.54 Å². The van der Waals surface area contributed by atoms with Crippen LogP contribution in [0.3, 0.4) is 0 Å². The average Bonchev–Trinajstić information content (AvgIpc) is 2.25. The van der Waals surface area contributed by atoms with Crippen molar-refractivity contribution in [1.29, 1.82) is 0 Å². The molecular weight excluding hydrogens is 230 g/mol. The van der Waals surface area contributed by atoms with E-state index < -0.39 is 0 Å². The van der Waals surface area contributed by atoms with Crippen LogP contribution < -0.4 is 5.32 Å². The van der Waals surface area contributed by atoms with Crippen molar-refractivity contribution >= 4 is 18.5 Å². The highest BCUT2D eigenvalue weighted by molar-refractivity contribution is 7.81. The Labute approximate surface area is 112 Å². The lowest BCUT2D eigenvalue weighted by Crippen LogP contribution is -2.39. The Kier molecular flexibility index (Phi) is 7.93. The van der Waals surface area contributed by atoms with Gasteiger partial charge in [-0.15, -0.1) is 0 Å². The molecule has 0 saturated carbocycles. The highest BCUT2D eigenvalue weighted by atomic mass is 32.1. The van der Waals surface area contributed by atoms with Gasteiger partial charge in [-0.3, -0.25) is 4.79 Å². The molecule has 0 aromatic carbocycles. The van der Waals surface area contributed by atoms with Gasteiger partial charge in [0.15, 0.2) is 0 Å². The molecular formula is C14H29NOS. The summed E-state index contributed by atoms with van der Waals surface area (Å²) >= 11 is 4.32. The molecule has 0 spiro atoms. The van der Waals surface area contributed by atoms with Crippen molar-refractivity contribution in [2.24, 2.45) is 11.3 Å². The van der Waals surface area contributed by atoms with Crippen molar-refractivity contribution in [2.45, 2.75) is 65.6 Å². The summed E-state index contributed by atoms with van der Waals surface area (Å²) in [6, 6.07) is 0. The number of rotatable bonds is 8. The second-order valence-electron chi connectivity index (χ2n) is 6.03. The molecule has 0 aliphatic rings. The van der Waals surface area contributed by atoms with Crippen LogP contribution in [0, 0.1) is 11.3 Å². The predicted octanol–water partition coefficient (Wildman–Crippen LogP) is 3.66. The molecule has 0 heterocycles. The van der Waals surface area contributed by atoms with E-state index in [1.54, 1.807) is 0 Å². The van der Waals surface area contributed by atoms with E-state index >= 15 is 0 Å². The molecule has 0 aliphatic heterocycles. The summed E-state index contributed by atoms with van der Waals surface area (Å²) in [6.07, 6.45) is 4.93. The van der Waals surface area contributed by atoms with Crippen molar-refractivity contribution in [2.75, 3.05) is 6.54 Å². The number of carbonyl (C=O) groups is 1. The number of amides is 1. The summed E-state index contributed by atoms with van der Waals surface area (Å²) in [5.74, 6) is 0.341. The largest absolute Gasteiger partial charge is 0.355 e. The second-order valence-corrected chi connectivity index (χ2v) is 6.58. The van der Waals surface area contributed by atoms with Crippen LogP contribution in [0.2, 0.25) is 0 Å². The first-order valence-corrected chi connectivity index (χ1v) is 7.27. The minimum Gasteiger partial charge on any atom is -0.355 e. The Hall–Kier alpha value is -0.180. The van der Waals surface area contributed by atoms with Crippen LogP contribution in [0.1, 0.15) is 60.3 Å². The fourth-order valence-electron chi connectivity index (χ4n) is 1.68. The molecule has 0 bridgehead atoms. The summed E-state index contributed by atoms with van der Waals surface area (Å²) in [4.78, 5) is 11.8. The minimum absolute atomic E-state index is 0.0619. The standard InChI is InChI=1S/C14H29NOS/c1-6-7-8-9-14(4,5)10-15-13(16)12(17)11(2)3/h11-12,17H,6-10H2,1-5H3,(H,15,16). The van der Waals surface area contributed by atoms with E-state index in [4.69, 9.17) is 0 Å². The van der Waals surface area contributed by atoms with E-state index in [1.807, 2.05) is 13.8 Å². The summed E-state index contributed by atoms with van der Waals surface area (Å²) in [5.41, 5.74) is 0.190. The predicted molar refractivity (Wildman–Crippen MR) is 78.5 cm³/mol. The minimum atomic E-state index is -0.193. The van der Waals surface area contributed by atoms with Crippen molar-refractivity contribution in [3.05, 3.63) is 0 Å². The first-order chi connectivity index (χ1) is 7.80. The lowest BCUT2D eigenvalue weighted by Gasteiger charge is -2.26. The molecule has 3 heteroatoms. The van der Waals surface area contributed by atoms with E-state index in [2.05, 4.69) is 38.7 Å². The van der Waals surface area contributed by atoms with Gasteiger partial charge in [-0.25, -0.2) is 0 Å². The van der Waals surface area contributed by atoms with E-state index in [9.17, 15) is 4.79 Å². The summed E-state index contributed by atoms with van der Waals surface area (Å²) < 4.78 is 0. The molecule has 0 radical (unpaired) electrons. The van der Waals surface area contributed by atoms with Gasteiger partial charge in [0.1, 0.15) is 0 Å². The van der Waals surface area contributed by atoms with Gasteiger partial charge in [0, 0.05) is 6.54 Å². The van der Waals surface area contributed by atoms with Gasteiger partial charge >= 0.3 is 0 Å². The number of hydrogen-bond donors (Lipinski definition) is 2. The number of nitrogens with one attached hydrogen (secondary N) is 1. The van der Waals surface area contributed by atoms with Crippen molar-refractivity contribution in [3.8, 4) is 0 Å². The Morgan fingerprint density at radius 3 is 2.35 bits per heavy atom. The zero-order valence-corrected chi connectivity index (χ0v) is 12.9. The van der Waals surface area contributed by atoms with E-state index in [1.165, 1.54) is 25.7 Å². The molecule has 0 rings (SSSR count). The summed E-state index contributed by atoms with van der Waals surface area (Å²) in [5, 5.41) is 2.82. The van der Waals surface area contributed by atoms with Gasteiger partial charge in [0.2, 0.25) is 5.91 Å². The van der Waals surface area contributed by atoms with Crippen LogP contribution >= 0.6 is 12.6 Å². The molecule has 1 atom stereocenters. The molecule has 1 N–H and O–H groups in total. The number of thiol groups is 1. The molecule has 0 saturated heterocycles. The smallest absolute Gasteiger partial charge is 0.233 e. The molecule has 1 unspecified atom stereocenters. The molecule has 0 aliphatic carbocycles. The topological polar surface area (TPSA) is 29.1 Å². The zero-order chi connectivity index (χ0) is 13.5. The average molecular weight is 259 g/mol. The monoisotopic (exact) mass is 259 g/mol. The third kappa shape index (κ3) is 7.69. The molecule has 1 amide bonds. The Bertz CT molecular complexity index is 226. The fourth-order valence-corrected chi connectivity index (χ4v) is 1.77. The van der Waals surface area contributed by atoms with Crippen LogP contribution in [0.25, 0.3) is 0 Å². The highest BCUT2D eigenvalue weighted by Crippen LogP contribution is 2.23. The molecule has 2 nitrogen and oxygen atoms in total. The first kappa shape index (κ1) is 16.8. The van der Waals surface area contributed by atoms with Crippen LogP contribution in [-0.2, 0) is 4.79 Å². The van der Waals surface area contributed by atoms with Crippen molar-refractivity contribution in [3.63, 3.8) is 0 Å². The van der Waals surface area contributed by atoms with Gasteiger partial charge < -0.3 is 5.32 Å². The van der Waals surface area contributed by atoms with E-state index in [-0.39, 0.29) is 22.5 Å². The van der Waals surface area contributed by atoms with Crippen LogP contribution in [0.5, 0.6) is 0 Å². The van der Waals surface area contributed by atoms with Crippen LogP contribution in [0.15, 0.2) is 0 Å². The first-order valence-electron chi connectivity index (χ1n) is 6.76. The van der Waals surface area contributed by atoms with Crippen LogP contribution in [-0.4, -0.2) is 17.7 Å². The van der Waals surface area contributed by atoms with Crippen molar-refractivity contribution < 1.29 is 4.79 Å². The molecule has 0 aromatic rings. The molecule has 17 heavy (non-hydrogen) atoms. The van der Waals surface area contributed by atoms with Gasteiger partial charge in [0.25, 0.3) is 0 Å². The fraction of sp³-hybridized carbons (Fsp3) is 0.929. The maximum Gasteiger partial charge on any atom is 0.233 e. The van der Waals surface area contributed by atoms with Gasteiger partial charge in [-0.1, -0.05) is 53.9 Å². The maximum atomic E-state index is 11.8. The second kappa shape index (κ2) is 8.02. The van der Waals surface area contributed by atoms with Gasteiger partial charge in [-0.05, 0) is 17.8 Å². The third-order valence-electron chi connectivity index (χ3n) is 3.10. The third-order valence-corrected chi connectivity index (χ3v) is 3.93. The zero-order valence-electron chi connectivity index (χ0n) is 12.0. The maximum absolute atomic E-state index is 11.8. The summed E-state index contributed by atoms with van der Waals surface area (Å²) in [7, 11) is 0. The Morgan fingerprint density at radius 2 is 1.88 bits per heavy atom. The van der Waals surface area contributed by atoms with Gasteiger partial charge in [0.05, 0.1) is 5.25 Å². The Morgan fingerprint density at radius 1 is 1.29 bits per heavy atom. The SMILES string of the molecule is CCCCCC(C)(C)CNC(=O)C(S)C(C)C. The number of hydrogen-bond acceptors (Lipinski definition) is 2. The Balaban J connectivity index is 3.96. The highest BCUT2D eigenvalue weighted by Gasteiger charge is 2.22. The normalized spacial score (nSPS) is 13.8. The molecule has 0 fully saturated rings. The molecule has 102 valence electrons. The van der Waals surface area contributed by atoms with E-state index in [0.29, 0.717) is 0 Å². The van der Waals surface area contributed by atoms with Crippen molar-refractivity contribution in [1.82, 2.24) is 5.32 Å². The lowest BCUT2D eigenvalue weighted by atomic mass is 9.87. The quantitative estimate of drug-likeness (QED) is 0.505. The lowest BCUT2D eigenvalue weighted by molar-refractivity contribution is -0.121. The number of carbonyl (C=O) groups excluding carboxylic acids is 1. The summed E-state index contributed by atoms with van der Waals surface area (Å²) in [6.45, 7) is 11.4. The number of unbranched alkanes of at least 4 members (excludes halogenated alkanes) is 2. The van der Waals surface area contributed by atoms with Crippen LogP contribution in [0.4, 0.5) is 0 Å². The van der Waals surface area contributed by atoms with Gasteiger partial charge in [-0.2, -0.15) is 12.6 Å².